The number of hydrogen-bond donors (Lipinski definition) is 1. The van der Waals surface area contributed by atoms with Gasteiger partial charge >= 0.3 is 5.97 Å². The van der Waals surface area contributed by atoms with Gasteiger partial charge in [0.05, 0.1) is 12.5 Å². The zero-order valence-electron chi connectivity index (χ0n) is 16.0. The first kappa shape index (κ1) is 22.5. The molecule has 0 spiro atoms. The largest absolute Gasteiger partial charge is 0.456 e. The van der Waals surface area contributed by atoms with Crippen molar-refractivity contribution in [3.05, 3.63) is 65.2 Å². The van der Waals surface area contributed by atoms with Crippen molar-refractivity contribution >= 4 is 29.4 Å². The number of amides is 1. The van der Waals surface area contributed by atoms with Gasteiger partial charge in [-0.1, -0.05) is 18.2 Å². The van der Waals surface area contributed by atoms with Crippen LogP contribution in [0.3, 0.4) is 0 Å². The zero-order chi connectivity index (χ0) is 21.4. The monoisotopic (exact) mass is 421 g/mol. The lowest BCUT2D eigenvalue weighted by molar-refractivity contribution is -0.148. The molecule has 0 aromatic heterocycles. The van der Waals surface area contributed by atoms with Gasteiger partial charge in [-0.05, 0) is 31.4 Å². The van der Waals surface area contributed by atoms with Crippen molar-refractivity contribution in [2.24, 2.45) is 0 Å². The smallest absolute Gasteiger partial charge is 0.306 e. The van der Waals surface area contributed by atoms with Crippen LogP contribution in [0.5, 0.6) is 0 Å². The molecule has 0 saturated heterocycles. The molecule has 0 radical (unpaired) electrons. The molecule has 0 aliphatic rings. The molecule has 5 nitrogen and oxygen atoms in total. The van der Waals surface area contributed by atoms with Crippen LogP contribution in [0.15, 0.2) is 47.4 Å². The highest BCUT2D eigenvalue weighted by Gasteiger charge is 2.16. The van der Waals surface area contributed by atoms with Gasteiger partial charge in [0.2, 0.25) is 0 Å². The van der Waals surface area contributed by atoms with Gasteiger partial charge in [-0.2, -0.15) is 0 Å². The molecule has 1 amide bonds. The summed E-state index contributed by atoms with van der Waals surface area (Å²) in [6, 6.07) is 9.37. The third-order valence-corrected chi connectivity index (χ3v) is 4.88. The molecular weight excluding hydrogens is 400 g/mol. The Morgan fingerprint density at radius 2 is 1.76 bits per heavy atom. The standard InChI is InChI=1S/C21H21F2NO4S/c1-13(17-8-5-15(22)11-18(17)23)24-20(26)12-28-21(27)10-9-19(25)14-3-6-16(29-2)7-4-14/h3-8,11,13H,9-10,12H2,1-2H3,(H,24,26). The second-order valence-corrected chi connectivity index (χ2v) is 7.15. The Morgan fingerprint density at radius 3 is 2.38 bits per heavy atom. The highest BCUT2D eigenvalue weighted by Crippen LogP contribution is 2.18. The van der Waals surface area contributed by atoms with Gasteiger partial charge in [-0.25, -0.2) is 8.78 Å². The van der Waals surface area contributed by atoms with Gasteiger partial charge in [-0.3, -0.25) is 14.4 Å². The van der Waals surface area contributed by atoms with Gasteiger partial charge in [0.1, 0.15) is 11.6 Å². The van der Waals surface area contributed by atoms with E-state index in [9.17, 15) is 23.2 Å². The van der Waals surface area contributed by atoms with Gasteiger partial charge in [-0.15, -0.1) is 11.8 Å². The summed E-state index contributed by atoms with van der Waals surface area (Å²) in [6.45, 7) is 0.972. The van der Waals surface area contributed by atoms with Gasteiger partial charge < -0.3 is 10.1 Å². The average molecular weight is 421 g/mol. The van der Waals surface area contributed by atoms with Crippen molar-refractivity contribution in [3.8, 4) is 0 Å². The van der Waals surface area contributed by atoms with Crippen molar-refractivity contribution in [2.75, 3.05) is 12.9 Å². The SMILES string of the molecule is CSc1ccc(C(=O)CCC(=O)OCC(=O)NC(C)c2ccc(F)cc2F)cc1. The van der Waals surface area contributed by atoms with Crippen LogP contribution >= 0.6 is 11.8 Å². The first-order valence-corrected chi connectivity index (χ1v) is 10.1. The van der Waals surface area contributed by atoms with Crippen molar-refractivity contribution in [2.45, 2.75) is 30.7 Å². The van der Waals surface area contributed by atoms with E-state index in [1.807, 2.05) is 18.4 Å². The summed E-state index contributed by atoms with van der Waals surface area (Å²) in [5, 5.41) is 2.47. The molecule has 0 bridgehead atoms. The van der Waals surface area contributed by atoms with Gasteiger partial charge in [0, 0.05) is 28.5 Å². The fourth-order valence-electron chi connectivity index (χ4n) is 2.57. The summed E-state index contributed by atoms with van der Waals surface area (Å²) in [5.74, 6) is -3.00. The maximum atomic E-state index is 13.7. The maximum Gasteiger partial charge on any atom is 0.306 e. The van der Waals surface area contributed by atoms with E-state index < -0.39 is 36.2 Å². The van der Waals surface area contributed by atoms with E-state index in [0.717, 1.165) is 17.0 Å². The average Bonchev–Trinajstić information content (AvgIpc) is 2.70. The van der Waals surface area contributed by atoms with Crippen LogP contribution in [0.4, 0.5) is 8.78 Å². The molecule has 0 fully saturated rings. The van der Waals surface area contributed by atoms with Crippen LogP contribution in [0.25, 0.3) is 0 Å². The van der Waals surface area contributed by atoms with E-state index in [-0.39, 0.29) is 24.2 Å². The summed E-state index contributed by atoms with van der Waals surface area (Å²) < 4.78 is 31.5. The van der Waals surface area contributed by atoms with Crippen LogP contribution < -0.4 is 5.32 Å². The summed E-state index contributed by atoms with van der Waals surface area (Å²) in [7, 11) is 0. The zero-order valence-corrected chi connectivity index (χ0v) is 16.9. The fourth-order valence-corrected chi connectivity index (χ4v) is 2.98. The third kappa shape index (κ3) is 6.98. The molecule has 8 heteroatoms. The van der Waals surface area contributed by atoms with E-state index in [1.165, 1.54) is 13.0 Å². The molecule has 2 aromatic carbocycles. The number of ketones is 1. The third-order valence-electron chi connectivity index (χ3n) is 4.14. The number of carbonyl (C=O) groups excluding carboxylic acids is 3. The quantitative estimate of drug-likeness (QED) is 0.375. The van der Waals surface area contributed by atoms with Gasteiger partial charge in [0.25, 0.3) is 5.91 Å². The number of rotatable bonds is 9. The summed E-state index contributed by atoms with van der Waals surface area (Å²) in [5.41, 5.74) is 0.618. The number of nitrogens with one attached hydrogen (secondary N) is 1. The van der Waals surface area contributed by atoms with Crippen molar-refractivity contribution < 1.29 is 27.9 Å². The van der Waals surface area contributed by atoms with Crippen LogP contribution in [0, 0.1) is 11.6 Å². The number of ether oxygens (including phenoxy) is 1. The van der Waals surface area contributed by atoms with Gasteiger partial charge in [0.15, 0.2) is 12.4 Å². The van der Waals surface area contributed by atoms with E-state index >= 15 is 0 Å². The predicted molar refractivity (Wildman–Crippen MR) is 106 cm³/mol. The maximum absolute atomic E-state index is 13.7. The fraction of sp³-hybridized carbons (Fsp3) is 0.286. The van der Waals surface area contributed by atoms with Crippen LogP contribution in [-0.2, 0) is 14.3 Å². The minimum absolute atomic E-state index is 0.0315. The molecule has 29 heavy (non-hydrogen) atoms. The Morgan fingerprint density at radius 1 is 1.07 bits per heavy atom. The summed E-state index contributed by atoms with van der Waals surface area (Å²) in [6.07, 6.45) is 1.74. The Kier molecular flexibility index (Phi) is 8.33. The lowest BCUT2D eigenvalue weighted by atomic mass is 10.1. The number of hydrogen-bond acceptors (Lipinski definition) is 5. The van der Waals surface area contributed by atoms with E-state index in [2.05, 4.69) is 5.32 Å². The first-order chi connectivity index (χ1) is 13.8. The number of thioether (sulfide) groups is 1. The van der Waals surface area contributed by atoms with Crippen molar-refractivity contribution in [3.63, 3.8) is 0 Å². The Balaban J connectivity index is 1.75. The van der Waals surface area contributed by atoms with E-state index in [4.69, 9.17) is 4.74 Å². The molecule has 0 aliphatic carbocycles. The number of carbonyl (C=O) groups is 3. The molecule has 2 aromatic rings. The molecule has 1 unspecified atom stereocenters. The minimum Gasteiger partial charge on any atom is -0.456 e. The second-order valence-electron chi connectivity index (χ2n) is 6.27. The number of Topliss-reactive ketones (excluding diaryl/α,β-unsaturated/α-hetero) is 1. The highest BCUT2D eigenvalue weighted by molar-refractivity contribution is 7.98. The van der Waals surface area contributed by atoms with E-state index in [0.29, 0.717) is 5.56 Å². The van der Waals surface area contributed by atoms with Crippen LogP contribution in [-0.4, -0.2) is 30.5 Å². The molecule has 0 aliphatic heterocycles. The number of benzene rings is 2. The van der Waals surface area contributed by atoms with E-state index in [1.54, 1.807) is 23.9 Å². The lowest BCUT2D eigenvalue weighted by Gasteiger charge is -2.15. The molecular formula is C21H21F2NO4S. The topological polar surface area (TPSA) is 72.5 Å². The first-order valence-electron chi connectivity index (χ1n) is 8.87. The number of halogens is 2. The molecule has 2 rings (SSSR count). The molecule has 1 atom stereocenters. The Hall–Kier alpha value is -2.74. The highest BCUT2D eigenvalue weighted by atomic mass is 32.2. The second kappa shape index (κ2) is 10.7. The minimum atomic E-state index is -0.779. The van der Waals surface area contributed by atoms with Crippen LogP contribution in [0.1, 0.15) is 41.7 Å². The Labute approximate surface area is 171 Å². The molecule has 0 heterocycles. The molecule has 154 valence electrons. The van der Waals surface area contributed by atoms with Crippen molar-refractivity contribution in [1.82, 2.24) is 5.32 Å². The molecule has 0 saturated carbocycles. The predicted octanol–water partition coefficient (Wildman–Crippen LogP) is 4.07. The van der Waals surface area contributed by atoms with Crippen LogP contribution in [0.2, 0.25) is 0 Å². The Bertz CT molecular complexity index is 887. The summed E-state index contributed by atoms with van der Waals surface area (Å²) in [4.78, 5) is 36.8. The summed E-state index contributed by atoms with van der Waals surface area (Å²) >= 11 is 1.56. The normalized spacial score (nSPS) is 11.6. The lowest BCUT2D eigenvalue weighted by Crippen LogP contribution is -2.31. The number of esters is 1. The van der Waals surface area contributed by atoms with Crippen molar-refractivity contribution in [1.29, 1.82) is 0 Å². The molecule has 1 N–H and O–H groups in total.